The summed E-state index contributed by atoms with van der Waals surface area (Å²) in [4.78, 5) is 5.31. The molecule has 7 aromatic carbocycles. The number of benzene rings is 7. The average molecular weight is 757 g/mol. The summed E-state index contributed by atoms with van der Waals surface area (Å²) in [5.74, 6) is 3.14. The fourth-order valence-corrected chi connectivity index (χ4v) is 15.5. The molecule has 8 aliphatic rings. The summed E-state index contributed by atoms with van der Waals surface area (Å²) in [6.45, 7) is 0.110. The van der Waals surface area contributed by atoms with Crippen molar-refractivity contribution in [1.29, 1.82) is 0 Å². The fourth-order valence-electron chi connectivity index (χ4n) is 15.5. The van der Waals surface area contributed by atoms with Gasteiger partial charge in [0.25, 0.3) is 6.71 Å². The Kier molecular flexibility index (Phi) is 6.02. The third kappa shape index (κ3) is 3.75. The third-order valence-corrected chi connectivity index (χ3v) is 17.4. The summed E-state index contributed by atoms with van der Waals surface area (Å²) in [6, 6.07) is 59.5. The van der Waals surface area contributed by atoms with Crippen LogP contribution in [0.4, 0.5) is 34.1 Å². The molecule has 4 fully saturated rings. The molecular formula is C56H45BN2. The van der Waals surface area contributed by atoms with Crippen molar-refractivity contribution in [2.24, 2.45) is 23.7 Å². The summed E-state index contributed by atoms with van der Waals surface area (Å²) < 4.78 is 0. The van der Waals surface area contributed by atoms with Gasteiger partial charge in [-0.3, -0.25) is 0 Å². The first-order chi connectivity index (χ1) is 29.2. The zero-order valence-electron chi connectivity index (χ0n) is 33.4. The third-order valence-electron chi connectivity index (χ3n) is 17.4. The quantitative estimate of drug-likeness (QED) is 0.162. The zero-order valence-corrected chi connectivity index (χ0v) is 33.4. The molecule has 4 bridgehead atoms. The highest BCUT2D eigenvalue weighted by atomic mass is 15.2. The fraction of sp³-hybridized carbons (Fsp3) is 0.250. The highest BCUT2D eigenvalue weighted by Gasteiger charge is 2.59. The molecule has 2 aliphatic heterocycles. The lowest BCUT2D eigenvalue weighted by Crippen LogP contribution is -2.61. The Hall–Kier alpha value is -5.80. The molecule has 2 unspecified atom stereocenters. The van der Waals surface area contributed by atoms with Crippen LogP contribution in [0.15, 0.2) is 152 Å². The summed E-state index contributed by atoms with van der Waals surface area (Å²) >= 11 is 0. The van der Waals surface area contributed by atoms with Crippen molar-refractivity contribution >= 4 is 57.2 Å². The van der Waals surface area contributed by atoms with E-state index in [9.17, 15) is 0 Å². The largest absolute Gasteiger partial charge is 0.311 e. The van der Waals surface area contributed by atoms with Gasteiger partial charge in [0.05, 0.1) is 5.69 Å². The number of nitrogens with zero attached hydrogens (tertiary/aromatic N) is 2. The van der Waals surface area contributed by atoms with E-state index in [-0.39, 0.29) is 17.5 Å². The molecule has 6 aliphatic carbocycles. The van der Waals surface area contributed by atoms with Gasteiger partial charge in [0.1, 0.15) is 0 Å². The van der Waals surface area contributed by atoms with Crippen LogP contribution in [0.3, 0.4) is 0 Å². The van der Waals surface area contributed by atoms with Crippen molar-refractivity contribution in [3.63, 3.8) is 0 Å². The van der Waals surface area contributed by atoms with Crippen LogP contribution >= 0.6 is 0 Å². The van der Waals surface area contributed by atoms with Gasteiger partial charge < -0.3 is 9.80 Å². The van der Waals surface area contributed by atoms with Crippen LogP contribution in [0.2, 0.25) is 0 Å². The van der Waals surface area contributed by atoms with Gasteiger partial charge in [0, 0.05) is 44.8 Å². The molecule has 0 amide bonds. The minimum atomic E-state index is 0.110. The SMILES string of the molecule is c1ccc(N2c3cc4c(cc3B3c5ccccc5N(c5cccc6c5-c5ccccc5[C@@]65C[C@@H]6CC[C@H]5C6)c5cccc2c53)-c2ccccc2[C@]42CC3CCC2C3)cc1. The van der Waals surface area contributed by atoms with E-state index in [4.69, 9.17) is 0 Å². The van der Waals surface area contributed by atoms with Crippen LogP contribution < -0.4 is 26.2 Å². The number of hydrogen-bond acceptors (Lipinski definition) is 2. The summed E-state index contributed by atoms with van der Waals surface area (Å²) in [5, 5.41) is 0. The van der Waals surface area contributed by atoms with Gasteiger partial charge in [-0.2, -0.15) is 0 Å². The van der Waals surface area contributed by atoms with Gasteiger partial charge in [-0.25, -0.2) is 0 Å². The van der Waals surface area contributed by atoms with Crippen LogP contribution in [-0.2, 0) is 10.8 Å². The van der Waals surface area contributed by atoms with Crippen LogP contribution in [0.1, 0.15) is 73.6 Å². The van der Waals surface area contributed by atoms with E-state index in [1.807, 2.05) is 0 Å². The molecule has 59 heavy (non-hydrogen) atoms. The Morgan fingerprint density at radius 3 is 1.76 bits per heavy atom. The number of para-hydroxylation sites is 2. The monoisotopic (exact) mass is 756 g/mol. The Morgan fingerprint density at radius 2 is 1.02 bits per heavy atom. The molecule has 0 aromatic heterocycles. The van der Waals surface area contributed by atoms with Gasteiger partial charge in [0.15, 0.2) is 0 Å². The van der Waals surface area contributed by atoms with E-state index < -0.39 is 0 Å². The maximum Gasteiger partial charge on any atom is 0.252 e. The average Bonchev–Trinajstić information content (AvgIpc) is 4.17. The molecule has 0 radical (unpaired) electrons. The molecule has 0 N–H and O–H groups in total. The Balaban J connectivity index is 1.01. The zero-order chi connectivity index (χ0) is 38.2. The van der Waals surface area contributed by atoms with Crippen molar-refractivity contribution in [2.45, 2.75) is 62.2 Å². The maximum atomic E-state index is 2.69. The molecular weight excluding hydrogens is 711 g/mol. The first-order valence-corrected chi connectivity index (χ1v) is 22.6. The van der Waals surface area contributed by atoms with Gasteiger partial charge in [0.2, 0.25) is 0 Å². The van der Waals surface area contributed by atoms with Crippen molar-refractivity contribution < 1.29 is 0 Å². The molecule has 282 valence electrons. The molecule has 2 nitrogen and oxygen atoms in total. The second-order valence-corrected chi connectivity index (χ2v) is 19.6. The molecule has 3 heteroatoms. The van der Waals surface area contributed by atoms with Crippen molar-refractivity contribution in [2.75, 3.05) is 9.80 Å². The van der Waals surface area contributed by atoms with E-state index in [0.29, 0.717) is 0 Å². The van der Waals surface area contributed by atoms with E-state index in [1.165, 1.54) is 124 Å². The first kappa shape index (κ1) is 32.1. The van der Waals surface area contributed by atoms with E-state index in [1.54, 1.807) is 22.3 Å². The van der Waals surface area contributed by atoms with Gasteiger partial charge >= 0.3 is 0 Å². The summed E-state index contributed by atoms with van der Waals surface area (Å²) in [7, 11) is 0. The van der Waals surface area contributed by atoms with E-state index in [0.717, 1.165) is 23.7 Å². The van der Waals surface area contributed by atoms with Crippen LogP contribution in [-0.4, -0.2) is 6.71 Å². The normalized spacial score (nSPS) is 27.5. The van der Waals surface area contributed by atoms with E-state index >= 15 is 0 Å². The minimum absolute atomic E-state index is 0.110. The lowest BCUT2D eigenvalue weighted by molar-refractivity contribution is 0.327. The van der Waals surface area contributed by atoms with Crippen molar-refractivity contribution in [3.05, 3.63) is 174 Å². The number of hydrogen-bond donors (Lipinski definition) is 0. The number of anilines is 6. The topological polar surface area (TPSA) is 6.48 Å². The molecule has 15 rings (SSSR count). The van der Waals surface area contributed by atoms with Crippen molar-refractivity contribution in [3.8, 4) is 22.3 Å². The Morgan fingerprint density at radius 1 is 0.424 bits per heavy atom. The molecule has 2 spiro atoms. The van der Waals surface area contributed by atoms with Gasteiger partial charge in [-0.05, 0) is 160 Å². The summed E-state index contributed by atoms with van der Waals surface area (Å²) in [5.41, 5.74) is 24.6. The number of rotatable bonds is 2. The Bertz CT molecular complexity index is 2990. The molecule has 0 saturated heterocycles. The second-order valence-electron chi connectivity index (χ2n) is 19.6. The minimum Gasteiger partial charge on any atom is -0.311 e. The molecule has 6 atom stereocenters. The second kappa shape index (κ2) is 11.1. The molecule has 2 heterocycles. The number of fused-ring (bicyclic) bond motifs is 20. The highest BCUT2D eigenvalue weighted by Crippen LogP contribution is 2.68. The smallest absolute Gasteiger partial charge is 0.252 e. The lowest BCUT2D eigenvalue weighted by Gasteiger charge is -2.45. The van der Waals surface area contributed by atoms with Crippen LogP contribution in [0.5, 0.6) is 0 Å². The summed E-state index contributed by atoms with van der Waals surface area (Å²) in [6.07, 6.45) is 10.8. The highest BCUT2D eigenvalue weighted by molar-refractivity contribution is 7.00. The van der Waals surface area contributed by atoms with Crippen LogP contribution in [0.25, 0.3) is 22.3 Å². The lowest BCUT2D eigenvalue weighted by atomic mass is 9.33. The first-order valence-electron chi connectivity index (χ1n) is 22.6. The Labute approximate surface area is 347 Å². The van der Waals surface area contributed by atoms with Gasteiger partial charge in [-0.1, -0.05) is 122 Å². The predicted molar refractivity (Wildman–Crippen MR) is 244 cm³/mol. The molecule has 4 saturated carbocycles. The van der Waals surface area contributed by atoms with Crippen molar-refractivity contribution in [1.82, 2.24) is 0 Å². The predicted octanol–water partition coefficient (Wildman–Crippen LogP) is 11.9. The van der Waals surface area contributed by atoms with E-state index in [2.05, 4.69) is 161 Å². The standard InChI is InChI=1S/C56H45BN2/c1-2-12-38(13-3-1)58-50-22-11-23-51-54(50)57(47-30-41-39-14-4-6-16-42(39)56(45(41)31-52(47)58)33-35-25-27-37(56)29-35)46-19-8-9-20-48(46)59(51)49-21-10-18-44-53(49)40-15-5-7-17-43(40)55(44)32-34-24-26-36(55)28-34/h1-23,30-31,34-37H,24-29,32-33H2/t34-,35?,36+,37?,55+,56-/m1/s1. The van der Waals surface area contributed by atoms with Crippen LogP contribution in [0, 0.1) is 23.7 Å². The molecule has 7 aromatic rings. The van der Waals surface area contributed by atoms with Gasteiger partial charge in [-0.15, -0.1) is 0 Å². The maximum absolute atomic E-state index is 2.69.